The predicted molar refractivity (Wildman–Crippen MR) is 111 cm³/mol. The molecule has 0 amide bonds. The predicted octanol–water partition coefficient (Wildman–Crippen LogP) is 7.18. The van der Waals surface area contributed by atoms with Crippen molar-refractivity contribution in [2.75, 3.05) is 0 Å². The number of ether oxygens (including phenoxy) is 1. The van der Waals surface area contributed by atoms with Crippen LogP contribution in [0.2, 0.25) is 12.1 Å². The second-order valence-corrected chi connectivity index (χ2v) is 12.8. The smallest absolute Gasteiger partial charge is 0.387 e. The molecule has 0 bridgehead atoms. The van der Waals surface area contributed by atoms with Crippen molar-refractivity contribution in [3.05, 3.63) is 29.8 Å². The summed E-state index contributed by atoms with van der Waals surface area (Å²) in [6, 6.07) is 9.82. The summed E-state index contributed by atoms with van der Waals surface area (Å²) < 4.78 is 28.7. The van der Waals surface area contributed by atoms with E-state index in [1.165, 1.54) is 75.4 Å². The summed E-state index contributed by atoms with van der Waals surface area (Å²) in [6.45, 7) is -2.75. The highest BCUT2D eigenvalue weighted by atomic mass is 35.6. The summed E-state index contributed by atoms with van der Waals surface area (Å²) in [7, 11) is -0.823. The van der Waals surface area contributed by atoms with E-state index < -0.39 is 14.7 Å². The molecule has 0 radical (unpaired) electrons. The first-order valence-electron chi connectivity index (χ1n) is 10.8. The zero-order valence-corrected chi connectivity index (χ0v) is 18.1. The third kappa shape index (κ3) is 7.05. The van der Waals surface area contributed by atoms with Gasteiger partial charge in [-0.15, -0.1) is 0 Å². The average Bonchev–Trinajstić information content (AvgIpc) is 2.67. The number of aryl methyl sites for hydroxylation is 1. The van der Waals surface area contributed by atoms with E-state index in [1.807, 2.05) is 12.1 Å². The molecule has 0 aromatic heterocycles. The summed E-state index contributed by atoms with van der Waals surface area (Å²) in [6.07, 6.45) is 13.4. The molecule has 1 aliphatic heterocycles. The first-order valence-corrected chi connectivity index (χ1v) is 14.2. The lowest BCUT2D eigenvalue weighted by atomic mass is 9.73. The minimum absolute atomic E-state index is 0.243. The third-order valence-corrected chi connectivity index (χ3v) is 9.96. The SMILES string of the molecule is FC(F)Oc1ccc(CCCCC2CCC([C@H]3CC[Si@H](Cl)CC3)CC2)cc1. The number of hydrogen-bond donors (Lipinski definition) is 0. The van der Waals surface area contributed by atoms with E-state index in [0.717, 1.165) is 24.2 Å². The van der Waals surface area contributed by atoms with Crippen molar-refractivity contribution in [2.45, 2.75) is 82.9 Å². The van der Waals surface area contributed by atoms with Crippen LogP contribution in [0, 0.1) is 17.8 Å². The molecular formula is C22H33ClF2OSi. The zero-order chi connectivity index (χ0) is 19.1. The van der Waals surface area contributed by atoms with Gasteiger partial charge in [0.2, 0.25) is 0 Å². The molecule has 1 saturated carbocycles. The molecule has 1 saturated heterocycles. The summed E-state index contributed by atoms with van der Waals surface area (Å²) in [5.41, 5.74) is 1.21. The Balaban J connectivity index is 1.28. The van der Waals surface area contributed by atoms with Crippen molar-refractivity contribution in [2.24, 2.45) is 17.8 Å². The maximum Gasteiger partial charge on any atom is 0.387 e. The van der Waals surface area contributed by atoms with Crippen LogP contribution < -0.4 is 4.74 Å². The number of rotatable bonds is 8. The summed E-state index contributed by atoms with van der Waals surface area (Å²) >= 11 is 6.39. The molecule has 1 nitrogen and oxygen atoms in total. The fourth-order valence-electron chi connectivity index (χ4n) is 5.10. The Bertz CT molecular complexity index is 538. The Hall–Kier alpha value is -0.613. The van der Waals surface area contributed by atoms with Gasteiger partial charge in [0.25, 0.3) is 0 Å². The number of halogens is 3. The first-order chi connectivity index (χ1) is 13.1. The molecule has 5 heteroatoms. The zero-order valence-electron chi connectivity index (χ0n) is 16.2. The van der Waals surface area contributed by atoms with Crippen LogP contribution in [-0.4, -0.2) is 14.7 Å². The second-order valence-electron chi connectivity index (χ2n) is 8.56. The molecule has 0 atom stereocenters. The van der Waals surface area contributed by atoms with E-state index in [4.69, 9.17) is 11.1 Å². The van der Waals surface area contributed by atoms with Gasteiger partial charge >= 0.3 is 6.61 Å². The van der Waals surface area contributed by atoms with Gasteiger partial charge in [0.1, 0.15) is 13.9 Å². The minimum Gasteiger partial charge on any atom is -0.435 e. The molecule has 1 aliphatic carbocycles. The van der Waals surface area contributed by atoms with Crippen molar-refractivity contribution >= 4 is 19.2 Å². The van der Waals surface area contributed by atoms with Crippen molar-refractivity contribution in [3.8, 4) is 5.75 Å². The van der Waals surface area contributed by atoms with Crippen LogP contribution >= 0.6 is 11.1 Å². The highest BCUT2D eigenvalue weighted by Gasteiger charge is 2.30. The number of hydrogen-bond acceptors (Lipinski definition) is 1. The van der Waals surface area contributed by atoms with E-state index in [9.17, 15) is 8.78 Å². The van der Waals surface area contributed by atoms with E-state index in [0.29, 0.717) is 0 Å². The average molecular weight is 415 g/mol. The lowest BCUT2D eigenvalue weighted by molar-refractivity contribution is -0.0498. The molecule has 1 aromatic carbocycles. The molecule has 152 valence electrons. The van der Waals surface area contributed by atoms with E-state index in [2.05, 4.69) is 4.74 Å². The van der Waals surface area contributed by atoms with Gasteiger partial charge in [0.05, 0.1) is 0 Å². The van der Waals surface area contributed by atoms with Gasteiger partial charge in [-0.2, -0.15) is 19.9 Å². The van der Waals surface area contributed by atoms with Gasteiger partial charge in [0.15, 0.2) is 0 Å². The Kier molecular flexibility index (Phi) is 8.44. The first kappa shape index (κ1) is 21.1. The van der Waals surface area contributed by atoms with E-state index in [-0.39, 0.29) is 5.75 Å². The summed E-state index contributed by atoms with van der Waals surface area (Å²) in [5, 5.41) is 0. The fraction of sp³-hybridized carbons (Fsp3) is 0.727. The van der Waals surface area contributed by atoms with Crippen LogP contribution in [0.5, 0.6) is 5.75 Å². The van der Waals surface area contributed by atoms with Crippen LogP contribution in [0.25, 0.3) is 0 Å². The lowest BCUT2D eigenvalue weighted by Gasteiger charge is -2.36. The van der Waals surface area contributed by atoms with Gasteiger partial charge in [-0.1, -0.05) is 50.7 Å². The standard InChI is InChI=1S/C22H33ClF2OSi/c23-27-15-13-20(14-16-27)19-9-5-17(6-10-19)3-1-2-4-18-7-11-21(12-8-18)26-22(24)25/h7-8,11-12,17,19-20,22,27H,1-6,9-10,13-16H2/t17?,19?,20-,27-. The third-order valence-electron chi connectivity index (χ3n) is 6.74. The van der Waals surface area contributed by atoms with Crippen LogP contribution in [0.1, 0.15) is 63.4 Å². The van der Waals surface area contributed by atoms with Crippen LogP contribution in [0.4, 0.5) is 8.78 Å². The largest absolute Gasteiger partial charge is 0.435 e. The number of unbranched alkanes of at least 4 members (excludes halogenated alkanes) is 1. The molecule has 0 spiro atoms. The second kappa shape index (κ2) is 10.8. The monoisotopic (exact) mass is 414 g/mol. The molecule has 2 fully saturated rings. The maximum atomic E-state index is 12.2. The summed E-state index contributed by atoms with van der Waals surface area (Å²) in [5.74, 6) is 3.12. The molecule has 1 aromatic rings. The normalized spacial score (nSPS) is 29.0. The van der Waals surface area contributed by atoms with Crippen LogP contribution in [0.3, 0.4) is 0 Å². The topological polar surface area (TPSA) is 9.23 Å². The van der Waals surface area contributed by atoms with E-state index in [1.54, 1.807) is 12.1 Å². The number of benzene rings is 1. The van der Waals surface area contributed by atoms with E-state index >= 15 is 0 Å². The van der Waals surface area contributed by atoms with Crippen molar-refractivity contribution in [1.29, 1.82) is 0 Å². The molecule has 0 N–H and O–H groups in total. The highest BCUT2D eigenvalue weighted by Crippen LogP contribution is 2.41. The van der Waals surface area contributed by atoms with Gasteiger partial charge < -0.3 is 4.74 Å². The quantitative estimate of drug-likeness (QED) is 0.248. The lowest BCUT2D eigenvalue weighted by Crippen LogP contribution is -2.26. The molecule has 3 rings (SSSR count). The highest BCUT2D eigenvalue weighted by molar-refractivity contribution is 7.07. The Morgan fingerprint density at radius 3 is 2.19 bits per heavy atom. The maximum absolute atomic E-state index is 12.2. The van der Waals surface area contributed by atoms with Crippen LogP contribution in [0.15, 0.2) is 24.3 Å². The van der Waals surface area contributed by atoms with Crippen molar-refractivity contribution in [3.63, 3.8) is 0 Å². The molecule has 27 heavy (non-hydrogen) atoms. The van der Waals surface area contributed by atoms with Gasteiger partial charge in [-0.25, -0.2) is 0 Å². The van der Waals surface area contributed by atoms with Crippen molar-refractivity contribution in [1.82, 2.24) is 0 Å². The van der Waals surface area contributed by atoms with Gasteiger partial charge in [-0.3, -0.25) is 0 Å². The Labute approximate surface area is 169 Å². The molecule has 1 heterocycles. The van der Waals surface area contributed by atoms with Crippen molar-refractivity contribution < 1.29 is 13.5 Å². The molecule has 0 unspecified atom stereocenters. The summed E-state index contributed by atoms with van der Waals surface area (Å²) in [4.78, 5) is 0. The van der Waals surface area contributed by atoms with Gasteiger partial charge in [-0.05, 0) is 73.2 Å². The fourth-order valence-corrected chi connectivity index (χ4v) is 7.72. The molecule has 2 aliphatic rings. The van der Waals surface area contributed by atoms with Gasteiger partial charge in [0, 0.05) is 0 Å². The molecular weight excluding hydrogens is 382 g/mol. The Morgan fingerprint density at radius 2 is 1.56 bits per heavy atom. The Morgan fingerprint density at radius 1 is 0.926 bits per heavy atom. The minimum atomic E-state index is -2.75. The number of alkyl halides is 2. The van der Waals surface area contributed by atoms with Crippen LogP contribution in [-0.2, 0) is 6.42 Å².